The van der Waals surface area contributed by atoms with Gasteiger partial charge in [0, 0.05) is 24.5 Å². The van der Waals surface area contributed by atoms with Crippen LogP contribution in [-0.2, 0) is 24.7 Å². The van der Waals surface area contributed by atoms with Crippen LogP contribution in [0.3, 0.4) is 0 Å². The van der Waals surface area contributed by atoms with Crippen molar-refractivity contribution in [3.05, 3.63) is 47.5 Å². The van der Waals surface area contributed by atoms with Crippen LogP contribution in [0.15, 0.2) is 42.0 Å². The number of carbonyl (C=O) groups is 2. The van der Waals surface area contributed by atoms with E-state index in [2.05, 4.69) is 0 Å². The van der Waals surface area contributed by atoms with Crippen molar-refractivity contribution < 1.29 is 37.3 Å². The molecule has 1 aliphatic rings. The number of hydrogen-bond acceptors (Lipinski definition) is 5. The van der Waals surface area contributed by atoms with Gasteiger partial charge in [-0.25, -0.2) is 4.79 Å². The monoisotopic (exact) mass is 442 g/mol. The van der Waals surface area contributed by atoms with E-state index in [4.69, 9.17) is 9.47 Å². The van der Waals surface area contributed by atoms with E-state index in [1.165, 1.54) is 31.2 Å². The van der Waals surface area contributed by atoms with Gasteiger partial charge in [-0.1, -0.05) is 44.2 Å². The van der Waals surface area contributed by atoms with Gasteiger partial charge in [0.25, 0.3) is 5.60 Å². The Morgan fingerprint density at radius 1 is 1.23 bits per heavy atom. The summed E-state index contributed by atoms with van der Waals surface area (Å²) in [6, 6.07) is 6.59. The van der Waals surface area contributed by atoms with Crippen molar-refractivity contribution in [3.8, 4) is 0 Å². The highest BCUT2D eigenvalue weighted by Gasteiger charge is 2.64. The minimum atomic E-state index is -5.05. The zero-order chi connectivity index (χ0) is 23.7. The first kappa shape index (κ1) is 25.1. The third kappa shape index (κ3) is 4.55. The first-order valence-corrected chi connectivity index (χ1v) is 10.0. The van der Waals surface area contributed by atoms with Crippen molar-refractivity contribution in [1.29, 1.82) is 0 Å². The molecule has 1 N–H and O–H groups in total. The van der Waals surface area contributed by atoms with Crippen LogP contribution in [-0.4, -0.2) is 41.9 Å². The zero-order valence-electron chi connectivity index (χ0n) is 18.4. The number of hydrogen-bond donors (Lipinski definition) is 1. The second-order valence-corrected chi connectivity index (χ2v) is 8.72. The van der Waals surface area contributed by atoms with E-state index in [-0.39, 0.29) is 30.6 Å². The number of ether oxygens (including phenoxy) is 2. The summed E-state index contributed by atoms with van der Waals surface area (Å²) in [5, 5.41) is 11.2. The SMILES string of the molecule is CO[C@](C(=O)O[C@H](C)CC[C@@]1(O)C(C)=CC(=O)CC1(C)C)(c1ccccc1)C(F)(F)F. The number of halogens is 3. The number of methoxy groups -OCH3 is 1. The Kier molecular flexibility index (Phi) is 7.07. The van der Waals surface area contributed by atoms with E-state index in [0.717, 1.165) is 19.2 Å². The number of carbonyl (C=O) groups excluding carboxylic acids is 2. The third-order valence-electron chi connectivity index (χ3n) is 6.16. The summed E-state index contributed by atoms with van der Waals surface area (Å²) in [5.74, 6) is -1.66. The molecule has 2 rings (SSSR count). The van der Waals surface area contributed by atoms with Crippen LogP contribution in [0.25, 0.3) is 0 Å². The predicted octanol–water partition coefficient (Wildman–Crippen LogP) is 4.48. The van der Waals surface area contributed by atoms with Crippen molar-refractivity contribution >= 4 is 11.8 Å². The molecule has 0 unspecified atom stereocenters. The maximum absolute atomic E-state index is 14.0. The van der Waals surface area contributed by atoms with Crippen molar-refractivity contribution in [3.63, 3.8) is 0 Å². The Morgan fingerprint density at radius 3 is 2.29 bits per heavy atom. The molecule has 0 aliphatic heterocycles. The second-order valence-electron chi connectivity index (χ2n) is 8.72. The first-order chi connectivity index (χ1) is 14.2. The molecule has 0 aromatic heterocycles. The Balaban J connectivity index is 2.22. The van der Waals surface area contributed by atoms with E-state index in [0.29, 0.717) is 5.57 Å². The van der Waals surface area contributed by atoms with E-state index >= 15 is 0 Å². The van der Waals surface area contributed by atoms with Crippen LogP contribution in [0.4, 0.5) is 13.2 Å². The first-order valence-electron chi connectivity index (χ1n) is 10.0. The summed E-state index contributed by atoms with van der Waals surface area (Å²) in [7, 11) is 0.810. The maximum Gasteiger partial charge on any atom is 0.432 e. The number of ketones is 1. The summed E-state index contributed by atoms with van der Waals surface area (Å²) < 4.78 is 51.9. The molecule has 0 saturated carbocycles. The number of rotatable bonds is 7. The van der Waals surface area contributed by atoms with Crippen LogP contribution in [0.2, 0.25) is 0 Å². The molecule has 1 aromatic rings. The van der Waals surface area contributed by atoms with Gasteiger partial charge in [-0.3, -0.25) is 4.79 Å². The number of aliphatic hydroxyl groups is 1. The van der Waals surface area contributed by atoms with Gasteiger partial charge in [0.1, 0.15) is 0 Å². The van der Waals surface area contributed by atoms with Gasteiger partial charge in [-0.15, -0.1) is 0 Å². The van der Waals surface area contributed by atoms with Crippen LogP contribution in [0, 0.1) is 5.41 Å². The molecule has 5 nitrogen and oxygen atoms in total. The van der Waals surface area contributed by atoms with Crippen molar-refractivity contribution in [2.45, 2.75) is 70.4 Å². The fraction of sp³-hybridized carbons (Fsp3) is 0.565. The lowest BCUT2D eigenvalue weighted by Crippen LogP contribution is -2.52. The average Bonchev–Trinajstić information content (AvgIpc) is 2.65. The fourth-order valence-electron chi connectivity index (χ4n) is 4.19. The van der Waals surface area contributed by atoms with E-state index in [9.17, 15) is 27.9 Å². The molecule has 0 radical (unpaired) electrons. The van der Waals surface area contributed by atoms with Gasteiger partial charge in [-0.2, -0.15) is 13.2 Å². The summed E-state index contributed by atoms with van der Waals surface area (Å²) in [4.78, 5) is 24.6. The van der Waals surface area contributed by atoms with Gasteiger partial charge >= 0.3 is 12.1 Å². The lowest BCUT2D eigenvalue weighted by molar-refractivity contribution is -0.278. The lowest BCUT2D eigenvalue weighted by Gasteiger charge is -2.46. The number of esters is 1. The molecular weight excluding hydrogens is 413 g/mol. The Hall–Kier alpha value is -2.19. The van der Waals surface area contributed by atoms with Crippen molar-refractivity contribution in [1.82, 2.24) is 0 Å². The highest BCUT2D eigenvalue weighted by molar-refractivity contribution is 5.92. The molecule has 1 aliphatic carbocycles. The molecule has 0 fully saturated rings. The predicted molar refractivity (Wildman–Crippen MR) is 108 cm³/mol. The Bertz CT molecular complexity index is 847. The molecular formula is C23H29F3O5. The topological polar surface area (TPSA) is 72.8 Å². The van der Waals surface area contributed by atoms with Gasteiger partial charge in [-0.05, 0) is 38.3 Å². The average molecular weight is 442 g/mol. The molecule has 0 amide bonds. The molecule has 1 aromatic carbocycles. The van der Waals surface area contributed by atoms with Crippen LogP contribution < -0.4 is 0 Å². The summed E-state index contributed by atoms with van der Waals surface area (Å²) >= 11 is 0. The van der Waals surface area contributed by atoms with E-state index in [1.807, 2.05) is 0 Å². The maximum atomic E-state index is 14.0. The van der Waals surface area contributed by atoms with Gasteiger partial charge in [0.2, 0.25) is 0 Å². The number of alkyl halides is 3. The summed E-state index contributed by atoms with van der Waals surface area (Å²) in [6.07, 6.45) is -4.25. The molecule has 0 heterocycles. The van der Waals surface area contributed by atoms with E-state index < -0.39 is 34.9 Å². The molecule has 8 heteroatoms. The summed E-state index contributed by atoms with van der Waals surface area (Å²) in [5.41, 5.74) is -5.27. The number of benzene rings is 1. The minimum absolute atomic E-state index is 0.0930. The lowest BCUT2D eigenvalue weighted by atomic mass is 9.63. The molecule has 3 atom stereocenters. The molecule has 0 bridgehead atoms. The van der Waals surface area contributed by atoms with Crippen molar-refractivity contribution in [2.24, 2.45) is 5.41 Å². The standard InChI is InChI=1S/C23H29F3O5/c1-15-13-18(27)14-20(3,4)21(15,29)12-11-16(2)31-19(28)22(30-5,23(24,25)26)17-9-7-6-8-10-17/h6-10,13,16,29H,11-12,14H2,1-5H3/t16-,21-,22+/m1/s1. The minimum Gasteiger partial charge on any atom is -0.460 e. The van der Waals surface area contributed by atoms with Crippen molar-refractivity contribution in [2.75, 3.05) is 7.11 Å². The molecule has 0 saturated heterocycles. The fourth-order valence-corrected chi connectivity index (χ4v) is 4.19. The van der Waals surface area contributed by atoms with Crippen LogP contribution >= 0.6 is 0 Å². The van der Waals surface area contributed by atoms with Crippen LogP contribution in [0.1, 0.15) is 52.5 Å². The normalized spacial score (nSPS) is 24.2. The zero-order valence-corrected chi connectivity index (χ0v) is 18.4. The molecule has 31 heavy (non-hydrogen) atoms. The summed E-state index contributed by atoms with van der Waals surface area (Å²) in [6.45, 7) is 6.62. The highest BCUT2D eigenvalue weighted by Crippen LogP contribution is 2.47. The molecule has 0 spiro atoms. The highest BCUT2D eigenvalue weighted by atomic mass is 19.4. The second kappa shape index (κ2) is 8.74. The van der Waals surface area contributed by atoms with E-state index in [1.54, 1.807) is 20.8 Å². The third-order valence-corrected chi connectivity index (χ3v) is 6.16. The van der Waals surface area contributed by atoms with Gasteiger partial charge in [0.05, 0.1) is 11.7 Å². The van der Waals surface area contributed by atoms with Crippen LogP contribution in [0.5, 0.6) is 0 Å². The smallest absolute Gasteiger partial charge is 0.432 e. The largest absolute Gasteiger partial charge is 0.460 e. The Morgan fingerprint density at radius 2 is 1.81 bits per heavy atom. The Labute approximate surface area is 180 Å². The number of allylic oxidation sites excluding steroid dienone is 1. The quantitative estimate of drug-likeness (QED) is 0.631. The van der Waals surface area contributed by atoms with Gasteiger partial charge in [0.15, 0.2) is 5.78 Å². The molecule has 172 valence electrons. The van der Waals surface area contributed by atoms with Gasteiger partial charge < -0.3 is 14.6 Å².